The molecule has 1 aromatic heterocycles. The highest BCUT2D eigenvalue weighted by Gasteiger charge is 2.03. The van der Waals surface area contributed by atoms with Crippen molar-refractivity contribution in [3.8, 4) is 5.75 Å². The predicted molar refractivity (Wildman–Crippen MR) is 56.9 cm³/mol. The van der Waals surface area contributed by atoms with Crippen molar-refractivity contribution in [2.24, 2.45) is 5.92 Å². The molecule has 1 heterocycles. The summed E-state index contributed by atoms with van der Waals surface area (Å²) in [6.45, 7) is 5.08. The minimum atomic E-state index is 0.590. The summed E-state index contributed by atoms with van der Waals surface area (Å²) in [6.07, 6.45) is 2.87. The Morgan fingerprint density at radius 3 is 3.00 bits per heavy atom. The van der Waals surface area contributed by atoms with Gasteiger partial charge in [-0.1, -0.05) is 20.3 Å². The summed E-state index contributed by atoms with van der Waals surface area (Å²) in [4.78, 5) is 4.07. The normalized spacial score (nSPS) is 12.5. The van der Waals surface area contributed by atoms with E-state index in [9.17, 15) is 0 Å². The predicted octanol–water partition coefficient (Wildman–Crippen LogP) is 3.27. The zero-order valence-electron chi connectivity index (χ0n) is 7.96. The molecule has 0 aliphatic rings. The summed E-state index contributed by atoms with van der Waals surface area (Å²) in [7, 11) is 0. The molecule has 0 aromatic carbocycles. The molecule has 1 rings (SSSR count). The molecule has 0 saturated carbocycles. The van der Waals surface area contributed by atoms with E-state index in [2.05, 4.69) is 34.8 Å². The Labute approximate surface area is 87.5 Å². The third-order valence-electron chi connectivity index (χ3n) is 1.95. The van der Waals surface area contributed by atoms with Gasteiger partial charge in [-0.2, -0.15) is 0 Å². The highest BCUT2D eigenvalue weighted by atomic mass is 79.9. The van der Waals surface area contributed by atoms with Gasteiger partial charge in [-0.05, 0) is 34.0 Å². The molecule has 3 heteroatoms. The Hall–Kier alpha value is -0.570. The number of hydrogen-bond acceptors (Lipinski definition) is 2. The molecule has 0 amide bonds. The van der Waals surface area contributed by atoms with E-state index in [-0.39, 0.29) is 0 Å². The minimum absolute atomic E-state index is 0.590. The Bertz CT molecular complexity index is 265. The second-order valence-corrected chi connectivity index (χ2v) is 3.87. The summed E-state index contributed by atoms with van der Waals surface area (Å²) in [6, 6.07) is 3.79. The number of pyridine rings is 1. The Balaban J connectivity index is 2.50. The fraction of sp³-hybridized carbons (Fsp3) is 0.500. The van der Waals surface area contributed by atoms with Gasteiger partial charge in [0.05, 0.1) is 6.61 Å². The maximum Gasteiger partial charge on any atom is 0.152 e. The molecule has 0 spiro atoms. The molecular formula is C10H14BrNO. The third kappa shape index (κ3) is 3.35. The van der Waals surface area contributed by atoms with Gasteiger partial charge in [0.1, 0.15) is 4.60 Å². The molecule has 0 saturated heterocycles. The van der Waals surface area contributed by atoms with Crippen LogP contribution in [0.3, 0.4) is 0 Å². The summed E-state index contributed by atoms with van der Waals surface area (Å²) < 4.78 is 6.36. The van der Waals surface area contributed by atoms with Crippen LogP contribution in [0.15, 0.2) is 22.9 Å². The van der Waals surface area contributed by atoms with Gasteiger partial charge in [0.15, 0.2) is 5.75 Å². The SMILES string of the molecule is CCC(C)COc1cccnc1Br. The number of rotatable bonds is 4. The van der Waals surface area contributed by atoms with Gasteiger partial charge >= 0.3 is 0 Å². The lowest BCUT2D eigenvalue weighted by Gasteiger charge is -2.11. The molecule has 0 bridgehead atoms. The first-order valence-corrected chi connectivity index (χ1v) is 5.26. The van der Waals surface area contributed by atoms with Crippen molar-refractivity contribution in [3.05, 3.63) is 22.9 Å². The smallest absolute Gasteiger partial charge is 0.152 e. The Kier molecular flexibility index (Phi) is 4.22. The maximum absolute atomic E-state index is 5.58. The maximum atomic E-state index is 5.58. The number of hydrogen-bond donors (Lipinski definition) is 0. The van der Waals surface area contributed by atoms with Crippen molar-refractivity contribution in [2.45, 2.75) is 20.3 Å². The lowest BCUT2D eigenvalue weighted by Crippen LogP contribution is -2.07. The van der Waals surface area contributed by atoms with Crippen molar-refractivity contribution in [1.29, 1.82) is 0 Å². The fourth-order valence-electron chi connectivity index (χ4n) is 0.829. The van der Waals surface area contributed by atoms with Gasteiger partial charge in [-0.25, -0.2) is 4.98 Å². The highest BCUT2D eigenvalue weighted by molar-refractivity contribution is 9.10. The van der Waals surface area contributed by atoms with Gasteiger partial charge in [0.25, 0.3) is 0 Å². The summed E-state index contributed by atoms with van der Waals surface area (Å²) in [5.74, 6) is 1.41. The van der Waals surface area contributed by atoms with Crippen LogP contribution in [-0.4, -0.2) is 11.6 Å². The van der Waals surface area contributed by atoms with Crippen LogP contribution in [0, 0.1) is 5.92 Å². The van der Waals surface area contributed by atoms with Crippen LogP contribution in [0.1, 0.15) is 20.3 Å². The Morgan fingerprint density at radius 2 is 2.38 bits per heavy atom. The summed E-state index contributed by atoms with van der Waals surface area (Å²) in [5, 5.41) is 0. The van der Waals surface area contributed by atoms with Gasteiger partial charge in [-0.15, -0.1) is 0 Å². The van der Waals surface area contributed by atoms with Gasteiger partial charge < -0.3 is 4.74 Å². The third-order valence-corrected chi connectivity index (χ3v) is 2.54. The van der Waals surface area contributed by atoms with E-state index in [0.29, 0.717) is 5.92 Å². The average molecular weight is 244 g/mol. The molecule has 72 valence electrons. The molecule has 2 nitrogen and oxygen atoms in total. The Morgan fingerprint density at radius 1 is 1.62 bits per heavy atom. The van der Waals surface area contributed by atoms with Crippen molar-refractivity contribution >= 4 is 15.9 Å². The second-order valence-electron chi connectivity index (χ2n) is 3.12. The molecule has 0 aliphatic heterocycles. The van der Waals surface area contributed by atoms with Crippen LogP contribution in [0.2, 0.25) is 0 Å². The first-order chi connectivity index (χ1) is 6.24. The van der Waals surface area contributed by atoms with Crippen LogP contribution in [0.5, 0.6) is 5.75 Å². The van der Waals surface area contributed by atoms with Crippen molar-refractivity contribution in [3.63, 3.8) is 0 Å². The van der Waals surface area contributed by atoms with E-state index in [4.69, 9.17) is 4.74 Å². The van der Waals surface area contributed by atoms with Crippen molar-refractivity contribution in [1.82, 2.24) is 4.98 Å². The number of ether oxygens (including phenoxy) is 1. The number of halogens is 1. The van der Waals surface area contributed by atoms with Crippen molar-refractivity contribution in [2.75, 3.05) is 6.61 Å². The topological polar surface area (TPSA) is 22.1 Å². The van der Waals surface area contributed by atoms with E-state index < -0.39 is 0 Å². The summed E-state index contributed by atoms with van der Waals surface area (Å²) >= 11 is 3.33. The van der Waals surface area contributed by atoms with Crippen LogP contribution >= 0.6 is 15.9 Å². The standard InChI is InChI=1S/C10H14BrNO/c1-3-8(2)7-13-9-5-4-6-12-10(9)11/h4-6,8H,3,7H2,1-2H3. The van der Waals surface area contributed by atoms with Gasteiger partial charge in [0.2, 0.25) is 0 Å². The second kappa shape index (κ2) is 5.22. The number of aromatic nitrogens is 1. The van der Waals surface area contributed by atoms with E-state index in [1.54, 1.807) is 6.20 Å². The molecule has 1 atom stereocenters. The van der Waals surface area contributed by atoms with E-state index in [1.165, 1.54) is 0 Å². The molecule has 0 fully saturated rings. The van der Waals surface area contributed by atoms with E-state index in [1.807, 2.05) is 12.1 Å². The molecule has 1 unspecified atom stereocenters. The molecular weight excluding hydrogens is 230 g/mol. The molecule has 13 heavy (non-hydrogen) atoms. The van der Waals surface area contributed by atoms with Crippen molar-refractivity contribution < 1.29 is 4.74 Å². The fourth-order valence-corrected chi connectivity index (χ4v) is 1.19. The van der Waals surface area contributed by atoms with Gasteiger partial charge in [0, 0.05) is 6.20 Å². The largest absolute Gasteiger partial charge is 0.490 e. The quantitative estimate of drug-likeness (QED) is 0.758. The van der Waals surface area contributed by atoms with E-state index >= 15 is 0 Å². The average Bonchev–Trinajstić information content (AvgIpc) is 2.16. The molecule has 0 radical (unpaired) electrons. The zero-order valence-corrected chi connectivity index (χ0v) is 9.54. The zero-order chi connectivity index (χ0) is 9.68. The molecule has 0 N–H and O–H groups in total. The first kappa shape index (κ1) is 10.5. The highest BCUT2D eigenvalue weighted by Crippen LogP contribution is 2.21. The van der Waals surface area contributed by atoms with Crippen LogP contribution < -0.4 is 4.74 Å². The lowest BCUT2D eigenvalue weighted by atomic mass is 10.1. The van der Waals surface area contributed by atoms with Crippen LogP contribution in [0.25, 0.3) is 0 Å². The van der Waals surface area contributed by atoms with E-state index in [0.717, 1.165) is 23.4 Å². The van der Waals surface area contributed by atoms with Gasteiger partial charge in [-0.3, -0.25) is 0 Å². The molecule has 1 aromatic rings. The number of nitrogens with zero attached hydrogens (tertiary/aromatic N) is 1. The van der Waals surface area contributed by atoms with Crippen LogP contribution in [0.4, 0.5) is 0 Å². The summed E-state index contributed by atoms with van der Waals surface area (Å²) in [5.41, 5.74) is 0. The molecule has 0 aliphatic carbocycles. The van der Waals surface area contributed by atoms with Crippen LogP contribution in [-0.2, 0) is 0 Å². The minimum Gasteiger partial charge on any atom is -0.490 e. The lowest BCUT2D eigenvalue weighted by molar-refractivity contribution is 0.254. The monoisotopic (exact) mass is 243 g/mol. The first-order valence-electron chi connectivity index (χ1n) is 4.47.